The van der Waals surface area contributed by atoms with Crippen LogP contribution in [0.4, 0.5) is 0 Å². The molecule has 2 fully saturated rings. The summed E-state index contributed by atoms with van der Waals surface area (Å²) < 4.78 is 0. The van der Waals surface area contributed by atoms with Gasteiger partial charge in [-0.1, -0.05) is 13.3 Å². The van der Waals surface area contributed by atoms with Crippen LogP contribution in [0.25, 0.3) is 0 Å². The van der Waals surface area contributed by atoms with Crippen LogP contribution in [-0.2, 0) is 9.59 Å². The van der Waals surface area contributed by atoms with Gasteiger partial charge in [-0.3, -0.25) is 9.59 Å². The average Bonchev–Trinajstić information content (AvgIpc) is 2.25. The molecule has 0 aromatic heterocycles. The molecule has 4 heteroatoms. The SMILES string of the molecule is CCC1(CN2C(=O)C(C)(C)NC(=O)C2C)CCC1. The number of hydrogen-bond donors (Lipinski definition) is 1. The van der Waals surface area contributed by atoms with Gasteiger partial charge in [0.25, 0.3) is 0 Å². The van der Waals surface area contributed by atoms with Crippen molar-refractivity contribution in [1.29, 1.82) is 0 Å². The zero-order valence-corrected chi connectivity index (χ0v) is 11.9. The summed E-state index contributed by atoms with van der Waals surface area (Å²) in [6.45, 7) is 8.31. The molecule has 102 valence electrons. The van der Waals surface area contributed by atoms with Crippen LogP contribution in [0.1, 0.15) is 53.4 Å². The van der Waals surface area contributed by atoms with E-state index < -0.39 is 5.54 Å². The zero-order valence-electron chi connectivity index (χ0n) is 11.9. The summed E-state index contributed by atoms with van der Waals surface area (Å²) in [5.74, 6) is 0.0134. The summed E-state index contributed by atoms with van der Waals surface area (Å²) in [6.07, 6.45) is 4.70. The second-order valence-corrected chi connectivity index (χ2v) is 6.43. The van der Waals surface area contributed by atoms with Crippen molar-refractivity contribution in [3.63, 3.8) is 0 Å². The lowest BCUT2D eigenvalue weighted by Crippen LogP contribution is -2.68. The predicted molar refractivity (Wildman–Crippen MR) is 70.0 cm³/mol. The maximum absolute atomic E-state index is 12.4. The highest BCUT2D eigenvalue weighted by atomic mass is 16.2. The lowest BCUT2D eigenvalue weighted by molar-refractivity contribution is -0.155. The van der Waals surface area contributed by atoms with E-state index in [2.05, 4.69) is 12.2 Å². The first-order valence-electron chi connectivity index (χ1n) is 6.94. The molecular weight excluding hydrogens is 228 g/mol. The van der Waals surface area contributed by atoms with Gasteiger partial charge in [-0.25, -0.2) is 0 Å². The number of amides is 2. The molecular formula is C14H24N2O2. The Kier molecular flexibility index (Phi) is 3.16. The number of piperazine rings is 1. The first-order valence-corrected chi connectivity index (χ1v) is 6.94. The molecule has 2 rings (SSSR count). The third-order valence-corrected chi connectivity index (χ3v) is 4.75. The van der Waals surface area contributed by atoms with Crippen molar-refractivity contribution in [2.45, 2.75) is 65.0 Å². The van der Waals surface area contributed by atoms with E-state index in [1.807, 2.05) is 6.92 Å². The first-order chi connectivity index (χ1) is 8.31. The second kappa shape index (κ2) is 4.25. The van der Waals surface area contributed by atoms with E-state index in [1.54, 1.807) is 18.7 Å². The predicted octanol–water partition coefficient (Wildman–Crippen LogP) is 1.69. The van der Waals surface area contributed by atoms with Gasteiger partial charge in [0.05, 0.1) is 0 Å². The van der Waals surface area contributed by atoms with Crippen molar-refractivity contribution in [2.24, 2.45) is 5.41 Å². The topological polar surface area (TPSA) is 49.4 Å². The van der Waals surface area contributed by atoms with Crippen LogP contribution in [0.3, 0.4) is 0 Å². The fourth-order valence-electron chi connectivity index (χ4n) is 3.01. The summed E-state index contributed by atoms with van der Waals surface area (Å²) in [5.41, 5.74) is -0.500. The standard InChI is InChI=1S/C14H24N2O2/c1-5-14(7-6-8-14)9-16-10(2)11(17)15-13(3,4)12(16)18/h10H,5-9H2,1-4H3,(H,15,17). The molecule has 1 N–H and O–H groups in total. The van der Waals surface area contributed by atoms with Gasteiger partial charge in [-0.05, 0) is 45.4 Å². The van der Waals surface area contributed by atoms with Crippen molar-refractivity contribution >= 4 is 11.8 Å². The molecule has 1 heterocycles. The maximum Gasteiger partial charge on any atom is 0.248 e. The number of carbonyl (C=O) groups excluding carboxylic acids is 2. The minimum absolute atomic E-state index is 0.0369. The Labute approximate surface area is 109 Å². The number of rotatable bonds is 3. The van der Waals surface area contributed by atoms with Gasteiger partial charge in [-0.15, -0.1) is 0 Å². The Morgan fingerprint density at radius 2 is 1.94 bits per heavy atom. The van der Waals surface area contributed by atoms with Crippen LogP contribution in [0.5, 0.6) is 0 Å². The van der Waals surface area contributed by atoms with Crippen LogP contribution in [0, 0.1) is 5.41 Å². The van der Waals surface area contributed by atoms with Gasteiger partial charge in [-0.2, -0.15) is 0 Å². The zero-order chi connectivity index (χ0) is 13.6. The summed E-state index contributed by atoms with van der Waals surface area (Å²) >= 11 is 0. The lowest BCUT2D eigenvalue weighted by Gasteiger charge is -2.49. The van der Waals surface area contributed by atoms with Crippen molar-refractivity contribution in [3.8, 4) is 0 Å². The van der Waals surface area contributed by atoms with E-state index in [0.29, 0.717) is 0 Å². The third-order valence-electron chi connectivity index (χ3n) is 4.75. The van der Waals surface area contributed by atoms with Crippen molar-refractivity contribution < 1.29 is 9.59 Å². The Bertz CT molecular complexity index is 366. The molecule has 0 spiro atoms. The molecule has 0 bridgehead atoms. The molecule has 2 aliphatic rings. The summed E-state index contributed by atoms with van der Waals surface area (Å²) in [6, 6.07) is -0.338. The van der Waals surface area contributed by atoms with Gasteiger partial charge in [0.1, 0.15) is 11.6 Å². The maximum atomic E-state index is 12.4. The third kappa shape index (κ3) is 2.02. The molecule has 1 atom stereocenters. The van der Waals surface area contributed by atoms with Crippen LogP contribution < -0.4 is 5.32 Å². The van der Waals surface area contributed by atoms with Crippen LogP contribution in [-0.4, -0.2) is 34.8 Å². The fraction of sp³-hybridized carbons (Fsp3) is 0.857. The number of nitrogens with one attached hydrogen (secondary N) is 1. The van der Waals surface area contributed by atoms with Gasteiger partial charge < -0.3 is 10.2 Å². The molecule has 1 unspecified atom stereocenters. The molecule has 1 aliphatic heterocycles. The molecule has 1 saturated heterocycles. The smallest absolute Gasteiger partial charge is 0.248 e. The van der Waals surface area contributed by atoms with Gasteiger partial charge in [0.2, 0.25) is 11.8 Å². The molecule has 1 aliphatic carbocycles. The molecule has 1 saturated carbocycles. The van der Waals surface area contributed by atoms with Gasteiger partial charge in [0, 0.05) is 6.54 Å². The molecule has 0 radical (unpaired) electrons. The highest BCUT2D eigenvalue weighted by Crippen LogP contribution is 2.45. The number of hydrogen-bond acceptors (Lipinski definition) is 2. The van der Waals surface area contributed by atoms with E-state index in [4.69, 9.17) is 0 Å². The molecule has 4 nitrogen and oxygen atoms in total. The molecule has 18 heavy (non-hydrogen) atoms. The summed E-state index contributed by atoms with van der Waals surface area (Å²) in [4.78, 5) is 26.2. The fourth-order valence-corrected chi connectivity index (χ4v) is 3.01. The average molecular weight is 252 g/mol. The van der Waals surface area contributed by atoms with E-state index in [1.165, 1.54) is 19.3 Å². The van der Waals surface area contributed by atoms with E-state index >= 15 is 0 Å². The first kappa shape index (κ1) is 13.4. The molecule has 0 aromatic carbocycles. The Hall–Kier alpha value is -1.06. The highest BCUT2D eigenvalue weighted by molar-refractivity contribution is 5.99. The molecule has 0 aromatic rings. The largest absolute Gasteiger partial charge is 0.340 e. The number of carbonyl (C=O) groups is 2. The minimum Gasteiger partial charge on any atom is -0.340 e. The monoisotopic (exact) mass is 252 g/mol. The second-order valence-electron chi connectivity index (χ2n) is 6.43. The minimum atomic E-state index is -0.762. The van der Waals surface area contributed by atoms with Gasteiger partial charge in [0.15, 0.2) is 0 Å². The van der Waals surface area contributed by atoms with Crippen molar-refractivity contribution in [3.05, 3.63) is 0 Å². The van der Waals surface area contributed by atoms with E-state index in [9.17, 15) is 9.59 Å². The van der Waals surface area contributed by atoms with Crippen LogP contribution >= 0.6 is 0 Å². The summed E-state index contributed by atoms with van der Waals surface area (Å²) in [5, 5.41) is 2.79. The van der Waals surface area contributed by atoms with E-state index in [0.717, 1.165) is 13.0 Å². The highest BCUT2D eigenvalue weighted by Gasteiger charge is 2.47. The Morgan fingerprint density at radius 1 is 1.33 bits per heavy atom. The Balaban J connectivity index is 2.18. The molecule has 2 amide bonds. The number of nitrogens with zero attached hydrogens (tertiary/aromatic N) is 1. The lowest BCUT2D eigenvalue weighted by atomic mass is 9.66. The normalized spacial score (nSPS) is 29.8. The van der Waals surface area contributed by atoms with Crippen LogP contribution in [0.15, 0.2) is 0 Å². The summed E-state index contributed by atoms with van der Waals surface area (Å²) in [7, 11) is 0. The van der Waals surface area contributed by atoms with Crippen molar-refractivity contribution in [1.82, 2.24) is 10.2 Å². The Morgan fingerprint density at radius 3 is 2.39 bits per heavy atom. The van der Waals surface area contributed by atoms with Crippen LogP contribution in [0.2, 0.25) is 0 Å². The quantitative estimate of drug-likeness (QED) is 0.831. The van der Waals surface area contributed by atoms with Crippen molar-refractivity contribution in [2.75, 3.05) is 6.54 Å². The van der Waals surface area contributed by atoms with Gasteiger partial charge >= 0.3 is 0 Å². The van der Waals surface area contributed by atoms with E-state index in [-0.39, 0.29) is 23.3 Å².